The lowest BCUT2D eigenvalue weighted by Gasteiger charge is -2.01. The van der Waals surface area contributed by atoms with E-state index in [9.17, 15) is 9.90 Å². The molecular formula is C13H10O2. The highest BCUT2D eigenvalue weighted by Gasteiger charge is 2.28. The van der Waals surface area contributed by atoms with Gasteiger partial charge in [0.05, 0.1) is 0 Å². The van der Waals surface area contributed by atoms with Gasteiger partial charge < -0.3 is 5.11 Å². The number of aliphatic hydroxyl groups is 1. The van der Waals surface area contributed by atoms with Gasteiger partial charge >= 0.3 is 0 Å². The molecule has 0 amide bonds. The number of fused-ring (bicyclic) bond motifs is 2. The minimum absolute atomic E-state index is 0.143. The monoisotopic (exact) mass is 198 g/mol. The molecule has 2 aromatic rings. The Bertz CT molecular complexity index is 557. The van der Waals surface area contributed by atoms with E-state index in [1.807, 2.05) is 36.4 Å². The molecule has 0 aliphatic heterocycles. The first-order chi connectivity index (χ1) is 7.25. The molecule has 2 nitrogen and oxygen atoms in total. The molecule has 2 heteroatoms. The van der Waals surface area contributed by atoms with Gasteiger partial charge in [-0.2, -0.15) is 0 Å². The lowest BCUT2D eigenvalue weighted by atomic mass is 10.0. The maximum Gasteiger partial charge on any atom is 0.191 e. The van der Waals surface area contributed by atoms with Crippen LogP contribution in [0.15, 0.2) is 36.4 Å². The molecule has 1 unspecified atom stereocenters. The van der Waals surface area contributed by atoms with Crippen molar-refractivity contribution in [2.24, 2.45) is 0 Å². The van der Waals surface area contributed by atoms with Crippen LogP contribution < -0.4 is 0 Å². The molecule has 0 aromatic heterocycles. The summed E-state index contributed by atoms with van der Waals surface area (Å²) >= 11 is 0. The lowest BCUT2D eigenvalue weighted by Crippen LogP contribution is -2.13. The minimum atomic E-state index is -0.836. The minimum Gasteiger partial charge on any atom is -0.385 e. The van der Waals surface area contributed by atoms with Gasteiger partial charge in [0, 0.05) is 12.0 Å². The number of hydrogen-bond acceptors (Lipinski definition) is 2. The molecule has 1 atom stereocenters. The Balaban J connectivity index is 2.32. The Labute approximate surface area is 87.2 Å². The van der Waals surface area contributed by atoms with Crippen molar-refractivity contribution in [1.82, 2.24) is 0 Å². The SMILES string of the molecule is O=C1c2cc3ccccc3cc2CC1O. The second-order valence-corrected chi connectivity index (χ2v) is 3.94. The maximum absolute atomic E-state index is 11.6. The van der Waals surface area contributed by atoms with Gasteiger partial charge in [0.25, 0.3) is 0 Å². The number of benzene rings is 2. The van der Waals surface area contributed by atoms with E-state index in [1.54, 1.807) is 0 Å². The zero-order chi connectivity index (χ0) is 10.4. The first kappa shape index (κ1) is 8.62. The third kappa shape index (κ3) is 1.18. The van der Waals surface area contributed by atoms with Crippen LogP contribution in [0.5, 0.6) is 0 Å². The van der Waals surface area contributed by atoms with Crippen molar-refractivity contribution < 1.29 is 9.90 Å². The summed E-state index contributed by atoms with van der Waals surface area (Å²) in [7, 11) is 0. The molecule has 0 bridgehead atoms. The summed E-state index contributed by atoms with van der Waals surface area (Å²) in [6.45, 7) is 0. The first-order valence-corrected chi connectivity index (χ1v) is 4.99. The fourth-order valence-electron chi connectivity index (χ4n) is 2.17. The molecular weight excluding hydrogens is 188 g/mol. The Morgan fingerprint density at radius 1 is 1.13 bits per heavy atom. The molecule has 74 valence electrons. The molecule has 0 heterocycles. The quantitative estimate of drug-likeness (QED) is 0.702. The van der Waals surface area contributed by atoms with Crippen molar-refractivity contribution in [3.63, 3.8) is 0 Å². The van der Waals surface area contributed by atoms with Gasteiger partial charge in [0.1, 0.15) is 6.10 Å². The third-order valence-corrected chi connectivity index (χ3v) is 2.95. The molecule has 0 radical (unpaired) electrons. The fraction of sp³-hybridized carbons (Fsp3) is 0.154. The first-order valence-electron chi connectivity index (χ1n) is 4.99. The van der Waals surface area contributed by atoms with Crippen LogP contribution >= 0.6 is 0 Å². The summed E-state index contributed by atoms with van der Waals surface area (Å²) in [5, 5.41) is 11.7. The number of Topliss-reactive ketones (excluding diaryl/α,β-unsaturated/α-hetero) is 1. The van der Waals surface area contributed by atoms with Crippen LogP contribution in [0.4, 0.5) is 0 Å². The van der Waals surface area contributed by atoms with Crippen LogP contribution in [0.2, 0.25) is 0 Å². The summed E-state index contributed by atoms with van der Waals surface area (Å²) < 4.78 is 0. The Morgan fingerprint density at radius 3 is 2.53 bits per heavy atom. The molecule has 0 saturated heterocycles. The average Bonchev–Trinajstić information content (AvgIpc) is 2.52. The summed E-state index contributed by atoms with van der Waals surface area (Å²) in [5.41, 5.74) is 1.65. The van der Waals surface area contributed by atoms with Gasteiger partial charge in [-0.25, -0.2) is 0 Å². The van der Waals surface area contributed by atoms with E-state index in [2.05, 4.69) is 0 Å². The topological polar surface area (TPSA) is 37.3 Å². The van der Waals surface area contributed by atoms with Crippen molar-refractivity contribution in [1.29, 1.82) is 0 Å². The van der Waals surface area contributed by atoms with Gasteiger partial charge in [0.15, 0.2) is 5.78 Å². The van der Waals surface area contributed by atoms with Gasteiger partial charge in [-0.3, -0.25) is 4.79 Å². The van der Waals surface area contributed by atoms with Crippen molar-refractivity contribution >= 4 is 16.6 Å². The van der Waals surface area contributed by atoms with E-state index in [-0.39, 0.29) is 5.78 Å². The predicted octanol–water partition coefficient (Wildman–Crippen LogP) is 1.94. The van der Waals surface area contributed by atoms with Crippen LogP contribution in [0.3, 0.4) is 0 Å². The number of hydrogen-bond donors (Lipinski definition) is 1. The fourth-order valence-corrected chi connectivity index (χ4v) is 2.17. The zero-order valence-electron chi connectivity index (χ0n) is 8.10. The highest BCUT2D eigenvalue weighted by atomic mass is 16.3. The molecule has 15 heavy (non-hydrogen) atoms. The summed E-state index contributed by atoms with van der Waals surface area (Å²) in [6, 6.07) is 11.8. The Kier molecular flexibility index (Phi) is 1.67. The van der Waals surface area contributed by atoms with Crippen LogP contribution in [0.1, 0.15) is 15.9 Å². The van der Waals surface area contributed by atoms with Crippen molar-refractivity contribution in [2.75, 3.05) is 0 Å². The highest BCUT2D eigenvalue weighted by Crippen LogP contribution is 2.27. The van der Waals surface area contributed by atoms with E-state index in [4.69, 9.17) is 0 Å². The maximum atomic E-state index is 11.6. The highest BCUT2D eigenvalue weighted by molar-refractivity contribution is 6.06. The average molecular weight is 198 g/mol. The molecule has 0 spiro atoms. The third-order valence-electron chi connectivity index (χ3n) is 2.95. The van der Waals surface area contributed by atoms with Gasteiger partial charge in [-0.1, -0.05) is 30.3 Å². The summed E-state index contributed by atoms with van der Waals surface area (Å²) in [6.07, 6.45) is -0.379. The predicted molar refractivity (Wildman–Crippen MR) is 58.0 cm³/mol. The van der Waals surface area contributed by atoms with Crippen LogP contribution in [0, 0.1) is 0 Å². The Morgan fingerprint density at radius 2 is 1.80 bits per heavy atom. The number of carbonyl (C=O) groups excluding carboxylic acids is 1. The van der Waals surface area contributed by atoms with E-state index in [1.165, 1.54) is 0 Å². The van der Waals surface area contributed by atoms with Crippen LogP contribution in [-0.4, -0.2) is 17.0 Å². The number of aliphatic hydroxyl groups excluding tert-OH is 1. The smallest absolute Gasteiger partial charge is 0.191 e. The normalized spacial score (nSPS) is 19.5. The molecule has 2 aromatic carbocycles. The molecule has 1 aliphatic rings. The Hall–Kier alpha value is -1.67. The second-order valence-electron chi connectivity index (χ2n) is 3.94. The molecule has 0 fully saturated rings. The zero-order valence-corrected chi connectivity index (χ0v) is 8.10. The van der Waals surface area contributed by atoms with E-state index >= 15 is 0 Å². The largest absolute Gasteiger partial charge is 0.385 e. The molecule has 3 rings (SSSR count). The van der Waals surface area contributed by atoms with Crippen molar-refractivity contribution in [2.45, 2.75) is 12.5 Å². The van der Waals surface area contributed by atoms with Crippen molar-refractivity contribution in [3.05, 3.63) is 47.5 Å². The number of rotatable bonds is 0. The van der Waals surface area contributed by atoms with Gasteiger partial charge in [-0.15, -0.1) is 0 Å². The van der Waals surface area contributed by atoms with E-state index in [0.717, 1.165) is 16.3 Å². The van der Waals surface area contributed by atoms with Gasteiger partial charge in [-0.05, 0) is 22.4 Å². The van der Waals surface area contributed by atoms with Crippen LogP contribution in [0.25, 0.3) is 10.8 Å². The van der Waals surface area contributed by atoms with E-state index < -0.39 is 6.10 Å². The van der Waals surface area contributed by atoms with Gasteiger partial charge in [0.2, 0.25) is 0 Å². The molecule has 0 saturated carbocycles. The summed E-state index contributed by atoms with van der Waals surface area (Å²) in [4.78, 5) is 11.6. The molecule has 1 N–H and O–H groups in total. The van der Waals surface area contributed by atoms with Crippen LogP contribution in [-0.2, 0) is 6.42 Å². The lowest BCUT2D eigenvalue weighted by molar-refractivity contribution is 0.0780. The number of ketones is 1. The second kappa shape index (κ2) is 2.91. The number of carbonyl (C=O) groups is 1. The summed E-state index contributed by atoms with van der Waals surface area (Å²) in [5.74, 6) is -0.143. The standard InChI is InChI=1S/C13H10O2/c14-12-7-10-5-8-3-1-2-4-9(8)6-11(10)13(12)15/h1-6,12,14H,7H2. The molecule has 1 aliphatic carbocycles. The van der Waals surface area contributed by atoms with Crippen molar-refractivity contribution in [3.8, 4) is 0 Å². The van der Waals surface area contributed by atoms with E-state index in [0.29, 0.717) is 12.0 Å².